The fourth-order valence-electron chi connectivity index (χ4n) is 3.67. The molecule has 1 fully saturated rings. The molecule has 7 nitrogen and oxygen atoms in total. The predicted octanol–water partition coefficient (Wildman–Crippen LogP) is 0.962. The average molecular weight is 314 g/mol. The zero-order valence-corrected chi connectivity index (χ0v) is 13.2. The third-order valence-electron chi connectivity index (χ3n) is 4.95. The molecule has 2 aromatic rings. The lowest BCUT2D eigenvalue weighted by molar-refractivity contribution is 0.1000. The molecule has 23 heavy (non-hydrogen) atoms. The smallest absolute Gasteiger partial charge is 0.251 e. The summed E-state index contributed by atoms with van der Waals surface area (Å²) in [6.45, 7) is 4.02. The van der Waals surface area contributed by atoms with Gasteiger partial charge in [-0.1, -0.05) is 0 Å². The first-order valence-electron chi connectivity index (χ1n) is 8.30. The largest absolute Gasteiger partial charge is 0.366 e. The number of hydrogen-bond donors (Lipinski definition) is 1. The molecule has 0 aliphatic carbocycles. The van der Waals surface area contributed by atoms with Crippen LogP contribution in [0, 0.1) is 0 Å². The number of aryl methyl sites for hydroxylation is 1. The van der Waals surface area contributed by atoms with E-state index in [-0.39, 0.29) is 0 Å². The Morgan fingerprint density at radius 2 is 2.22 bits per heavy atom. The van der Waals surface area contributed by atoms with Crippen LogP contribution in [0.15, 0.2) is 18.6 Å². The van der Waals surface area contributed by atoms with Crippen LogP contribution in [-0.4, -0.2) is 43.2 Å². The van der Waals surface area contributed by atoms with E-state index >= 15 is 0 Å². The highest BCUT2D eigenvalue weighted by molar-refractivity contribution is 5.92. The predicted molar refractivity (Wildman–Crippen MR) is 84.8 cm³/mol. The highest BCUT2D eigenvalue weighted by atomic mass is 16.1. The zero-order valence-electron chi connectivity index (χ0n) is 13.2. The van der Waals surface area contributed by atoms with E-state index in [2.05, 4.69) is 19.5 Å². The number of aromatic nitrogens is 4. The summed E-state index contributed by atoms with van der Waals surface area (Å²) < 4.78 is 4.27. The third-order valence-corrected chi connectivity index (χ3v) is 4.95. The molecule has 0 spiro atoms. The molecule has 2 aliphatic rings. The van der Waals surface area contributed by atoms with Crippen molar-refractivity contribution in [2.45, 2.75) is 44.8 Å². The van der Waals surface area contributed by atoms with Gasteiger partial charge in [0.2, 0.25) is 0 Å². The van der Waals surface area contributed by atoms with Crippen molar-refractivity contribution in [3.63, 3.8) is 0 Å². The SMILES string of the molecule is NC(=O)c1cnn(C2CCN(Cc3cnc4n3CCCC4)C2)c1. The van der Waals surface area contributed by atoms with Crippen LogP contribution in [0.5, 0.6) is 0 Å². The number of imidazole rings is 1. The number of amides is 1. The van der Waals surface area contributed by atoms with Gasteiger partial charge in [-0.05, 0) is 19.3 Å². The van der Waals surface area contributed by atoms with Gasteiger partial charge in [-0.2, -0.15) is 5.10 Å². The summed E-state index contributed by atoms with van der Waals surface area (Å²) in [5.74, 6) is 0.817. The van der Waals surface area contributed by atoms with Crippen LogP contribution in [0.3, 0.4) is 0 Å². The Morgan fingerprint density at radius 1 is 1.30 bits per heavy atom. The molecule has 2 aromatic heterocycles. The Kier molecular flexibility index (Phi) is 3.65. The molecule has 7 heteroatoms. The molecule has 1 saturated heterocycles. The van der Waals surface area contributed by atoms with E-state index in [0.29, 0.717) is 11.6 Å². The van der Waals surface area contributed by atoms with Crippen LogP contribution in [-0.2, 0) is 19.5 Å². The Hall–Kier alpha value is -2.15. The lowest BCUT2D eigenvalue weighted by Crippen LogP contribution is -2.24. The number of rotatable bonds is 4. The number of carbonyl (C=O) groups is 1. The first kappa shape index (κ1) is 14.4. The monoisotopic (exact) mass is 314 g/mol. The first-order chi connectivity index (χ1) is 11.2. The summed E-state index contributed by atoms with van der Waals surface area (Å²) in [5, 5.41) is 4.29. The number of carbonyl (C=O) groups excluding carboxylic acids is 1. The van der Waals surface area contributed by atoms with Crippen molar-refractivity contribution >= 4 is 5.91 Å². The molecule has 0 radical (unpaired) electrons. The molecule has 1 amide bonds. The Bertz CT molecular complexity index is 718. The van der Waals surface area contributed by atoms with Crippen LogP contribution < -0.4 is 5.73 Å². The maximum atomic E-state index is 11.2. The Labute approximate surface area is 135 Å². The van der Waals surface area contributed by atoms with Gasteiger partial charge < -0.3 is 10.3 Å². The molecule has 122 valence electrons. The summed E-state index contributed by atoms with van der Waals surface area (Å²) in [6, 6.07) is 0.312. The maximum absolute atomic E-state index is 11.2. The minimum Gasteiger partial charge on any atom is -0.366 e. The highest BCUT2D eigenvalue weighted by Gasteiger charge is 2.26. The number of nitrogens with zero attached hydrogens (tertiary/aromatic N) is 5. The lowest BCUT2D eigenvalue weighted by Gasteiger charge is -2.20. The summed E-state index contributed by atoms with van der Waals surface area (Å²) in [4.78, 5) is 18.2. The quantitative estimate of drug-likeness (QED) is 0.911. The standard InChI is InChI=1S/C16H22N6O/c17-16(23)12-7-19-22(9-12)13-4-6-20(10-13)11-14-8-18-15-3-1-2-5-21(14)15/h7-9,13H,1-6,10-11H2,(H2,17,23). The van der Waals surface area contributed by atoms with E-state index in [1.807, 2.05) is 10.9 Å². The van der Waals surface area contributed by atoms with E-state index in [0.717, 1.165) is 39.0 Å². The van der Waals surface area contributed by atoms with E-state index in [4.69, 9.17) is 5.73 Å². The number of hydrogen-bond acceptors (Lipinski definition) is 4. The highest BCUT2D eigenvalue weighted by Crippen LogP contribution is 2.24. The van der Waals surface area contributed by atoms with Gasteiger partial charge >= 0.3 is 0 Å². The van der Waals surface area contributed by atoms with Crippen LogP contribution in [0.4, 0.5) is 0 Å². The van der Waals surface area contributed by atoms with Crippen molar-refractivity contribution in [2.24, 2.45) is 5.73 Å². The Balaban J connectivity index is 1.42. The lowest BCUT2D eigenvalue weighted by atomic mass is 10.1. The minimum absolute atomic E-state index is 0.312. The zero-order chi connectivity index (χ0) is 15.8. The summed E-state index contributed by atoms with van der Waals surface area (Å²) in [7, 11) is 0. The van der Waals surface area contributed by atoms with Crippen LogP contribution >= 0.6 is 0 Å². The second kappa shape index (κ2) is 5.81. The molecule has 0 saturated carbocycles. The molecule has 4 rings (SSSR count). The van der Waals surface area contributed by atoms with Gasteiger partial charge in [0.1, 0.15) is 5.82 Å². The molecular formula is C16H22N6O. The van der Waals surface area contributed by atoms with Crippen molar-refractivity contribution in [1.29, 1.82) is 0 Å². The molecule has 0 aromatic carbocycles. The molecule has 2 N–H and O–H groups in total. The van der Waals surface area contributed by atoms with E-state index in [1.54, 1.807) is 12.4 Å². The second-order valence-electron chi connectivity index (χ2n) is 6.53. The Morgan fingerprint density at radius 3 is 3.04 bits per heavy atom. The molecule has 0 bridgehead atoms. The number of primary amides is 1. The second-order valence-corrected chi connectivity index (χ2v) is 6.53. The van der Waals surface area contributed by atoms with Gasteiger partial charge in [-0.3, -0.25) is 14.4 Å². The van der Waals surface area contributed by atoms with Crippen molar-refractivity contribution in [2.75, 3.05) is 13.1 Å². The van der Waals surface area contributed by atoms with Gasteiger partial charge in [0.25, 0.3) is 5.91 Å². The van der Waals surface area contributed by atoms with Crippen molar-refractivity contribution in [3.8, 4) is 0 Å². The first-order valence-corrected chi connectivity index (χ1v) is 8.30. The average Bonchev–Trinajstić information content (AvgIpc) is 3.26. The summed E-state index contributed by atoms with van der Waals surface area (Å²) in [6.07, 6.45) is 10.0. The number of fused-ring (bicyclic) bond motifs is 1. The molecule has 1 atom stereocenters. The summed E-state index contributed by atoms with van der Waals surface area (Å²) in [5.41, 5.74) is 7.09. The fourth-order valence-corrected chi connectivity index (χ4v) is 3.67. The van der Waals surface area contributed by atoms with Gasteiger partial charge in [-0.25, -0.2) is 4.98 Å². The van der Waals surface area contributed by atoms with Crippen LogP contribution in [0.1, 0.15) is 47.2 Å². The summed E-state index contributed by atoms with van der Waals surface area (Å²) >= 11 is 0. The molecule has 4 heterocycles. The van der Waals surface area contributed by atoms with Crippen molar-refractivity contribution in [3.05, 3.63) is 35.7 Å². The third kappa shape index (κ3) is 2.76. The fraction of sp³-hybridized carbons (Fsp3) is 0.562. The van der Waals surface area contributed by atoms with Gasteiger partial charge in [0, 0.05) is 45.0 Å². The maximum Gasteiger partial charge on any atom is 0.251 e. The molecular weight excluding hydrogens is 292 g/mol. The minimum atomic E-state index is -0.419. The molecule has 2 aliphatic heterocycles. The van der Waals surface area contributed by atoms with Gasteiger partial charge in [0.15, 0.2) is 0 Å². The van der Waals surface area contributed by atoms with E-state index in [1.165, 1.54) is 24.4 Å². The van der Waals surface area contributed by atoms with Crippen molar-refractivity contribution in [1.82, 2.24) is 24.2 Å². The van der Waals surface area contributed by atoms with Crippen LogP contribution in [0.2, 0.25) is 0 Å². The van der Waals surface area contributed by atoms with Gasteiger partial charge in [0.05, 0.1) is 23.5 Å². The molecule has 1 unspecified atom stereocenters. The normalized spacial score (nSPS) is 21.5. The number of nitrogens with two attached hydrogens (primary N) is 1. The van der Waals surface area contributed by atoms with Gasteiger partial charge in [-0.15, -0.1) is 0 Å². The topological polar surface area (TPSA) is 82.0 Å². The van der Waals surface area contributed by atoms with E-state index in [9.17, 15) is 4.79 Å². The van der Waals surface area contributed by atoms with Crippen molar-refractivity contribution < 1.29 is 4.79 Å². The number of likely N-dealkylation sites (tertiary alicyclic amines) is 1. The van der Waals surface area contributed by atoms with Crippen LogP contribution in [0.25, 0.3) is 0 Å². The van der Waals surface area contributed by atoms with E-state index < -0.39 is 5.91 Å².